The minimum absolute atomic E-state index is 0.0905. The average molecular weight is 400 g/mol. The summed E-state index contributed by atoms with van der Waals surface area (Å²) in [6.07, 6.45) is 1.58. The van der Waals surface area contributed by atoms with E-state index in [1.54, 1.807) is 25.4 Å². The van der Waals surface area contributed by atoms with Gasteiger partial charge in [-0.15, -0.1) is 0 Å². The number of halogens is 2. The molecule has 3 amide bonds. The minimum atomic E-state index is -0.949. The van der Waals surface area contributed by atoms with Crippen molar-refractivity contribution in [2.75, 3.05) is 12.4 Å². The monoisotopic (exact) mass is 399 g/mol. The SMILES string of the molecule is COc1ccc(-c2ccc(NC(=O)NC(=O)c3c(F)cccc3Cl)nc2)cc1. The molecular weight excluding hydrogens is 385 g/mol. The van der Waals surface area contributed by atoms with E-state index in [1.165, 1.54) is 12.1 Å². The molecule has 3 aromatic rings. The highest BCUT2D eigenvalue weighted by molar-refractivity contribution is 6.34. The van der Waals surface area contributed by atoms with Crippen LogP contribution in [-0.2, 0) is 0 Å². The predicted molar refractivity (Wildman–Crippen MR) is 104 cm³/mol. The maximum absolute atomic E-state index is 13.7. The van der Waals surface area contributed by atoms with Crippen molar-refractivity contribution < 1.29 is 18.7 Å². The lowest BCUT2D eigenvalue weighted by atomic mass is 10.1. The lowest BCUT2D eigenvalue weighted by molar-refractivity contribution is 0.0963. The fraction of sp³-hybridized carbons (Fsp3) is 0.0500. The predicted octanol–water partition coefficient (Wildman–Crippen LogP) is 4.51. The number of methoxy groups -OCH3 is 1. The Morgan fingerprint density at radius 3 is 2.36 bits per heavy atom. The molecule has 3 rings (SSSR count). The molecule has 0 radical (unpaired) electrons. The molecule has 1 aromatic heterocycles. The Morgan fingerprint density at radius 1 is 1.04 bits per heavy atom. The molecule has 0 fully saturated rings. The number of aromatic nitrogens is 1. The molecule has 0 aliphatic heterocycles. The second-order valence-corrected chi connectivity index (χ2v) is 6.07. The van der Waals surface area contributed by atoms with Gasteiger partial charge in [-0.1, -0.05) is 29.8 Å². The molecule has 0 aliphatic rings. The van der Waals surface area contributed by atoms with Crippen LogP contribution in [0.2, 0.25) is 5.02 Å². The first kappa shape index (κ1) is 19.3. The maximum atomic E-state index is 13.7. The van der Waals surface area contributed by atoms with Gasteiger partial charge in [0, 0.05) is 11.8 Å². The van der Waals surface area contributed by atoms with Crippen molar-refractivity contribution in [3.63, 3.8) is 0 Å². The van der Waals surface area contributed by atoms with E-state index >= 15 is 0 Å². The molecule has 0 saturated carbocycles. The van der Waals surface area contributed by atoms with Crippen LogP contribution in [0.15, 0.2) is 60.8 Å². The number of rotatable bonds is 4. The van der Waals surface area contributed by atoms with E-state index in [2.05, 4.69) is 10.3 Å². The molecule has 142 valence electrons. The summed E-state index contributed by atoms with van der Waals surface area (Å²) < 4.78 is 18.9. The van der Waals surface area contributed by atoms with Crippen LogP contribution in [0, 0.1) is 5.82 Å². The van der Waals surface area contributed by atoms with E-state index in [4.69, 9.17) is 16.3 Å². The van der Waals surface area contributed by atoms with E-state index in [-0.39, 0.29) is 10.8 Å². The Labute approximate surface area is 165 Å². The largest absolute Gasteiger partial charge is 0.497 e. The highest BCUT2D eigenvalue weighted by Crippen LogP contribution is 2.22. The van der Waals surface area contributed by atoms with E-state index in [9.17, 15) is 14.0 Å². The summed E-state index contributed by atoms with van der Waals surface area (Å²) in [5, 5.41) is 4.34. The molecule has 1 heterocycles. The number of benzene rings is 2. The quantitative estimate of drug-likeness (QED) is 0.676. The van der Waals surface area contributed by atoms with Crippen LogP contribution in [0.4, 0.5) is 15.0 Å². The van der Waals surface area contributed by atoms with Gasteiger partial charge >= 0.3 is 6.03 Å². The highest BCUT2D eigenvalue weighted by Gasteiger charge is 2.18. The Kier molecular flexibility index (Phi) is 5.86. The van der Waals surface area contributed by atoms with Crippen molar-refractivity contribution in [1.82, 2.24) is 10.3 Å². The summed E-state index contributed by atoms with van der Waals surface area (Å²) in [6.45, 7) is 0. The van der Waals surface area contributed by atoms with Gasteiger partial charge in [0.25, 0.3) is 5.91 Å². The lowest BCUT2D eigenvalue weighted by Gasteiger charge is -2.09. The summed E-state index contributed by atoms with van der Waals surface area (Å²) in [7, 11) is 1.59. The second kappa shape index (κ2) is 8.49. The third-order valence-corrected chi connectivity index (χ3v) is 4.16. The summed E-state index contributed by atoms with van der Waals surface area (Å²) in [6, 6.07) is 13.7. The van der Waals surface area contributed by atoms with Crippen molar-refractivity contribution in [3.8, 4) is 16.9 Å². The minimum Gasteiger partial charge on any atom is -0.497 e. The summed E-state index contributed by atoms with van der Waals surface area (Å²) in [4.78, 5) is 28.2. The van der Waals surface area contributed by atoms with E-state index in [1.807, 2.05) is 29.6 Å². The molecule has 8 heteroatoms. The first-order chi connectivity index (χ1) is 13.5. The fourth-order valence-corrected chi connectivity index (χ4v) is 2.70. The molecule has 2 N–H and O–H groups in total. The Hall–Kier alpha value is -3.45. The van der Waals surface area contributed by atoms with Gasteiger partial charge < -0.3 is 4.74 Å². The lowest BCUT2D eigenvalue weighted by Crippen LogP contribution is -2.35. The average Bonchev–Trinajstić information content (AvgIpc) is 2.68. The molecule has 0 spiro atoms. The third-order valence-electron chi connectivity index (χ3n) is 3.85. The van der Waals surface area contributed by atoms with E-state index in [0.717, 1.165) is 22.9 Å². The number of anilines is 1. The van der Waals surface area contributed by atoms with Crippen molar-refractivity contribution >= 4 is 29.4 Å². The molecule has 2 aromatic carbocycles. The molecule has 0 bridgehead atoms. The van der Waals surface area contributed by atoms with Crippen LogP contribution in [0.3, 0.4) is 0 Å². The number of nitrogens with zero attached hydrogens (tertiary/aromatic N) is 1. The number of pyridine rings is 1. The Bertz CT molecular complexity index is 988. The molecule has 0 aliphatic carbocycles. The number of hydrogen-bond acceptors (Lipinski definition) is 4. The number of urea groups is 1. The van der Waals surface area contributed by atoms with Gasteiger partial charge in [0.2, 0.25) is 0 Å². The molecule has 0 unspecified atom stereocenters. The number of amides is 3. The van der Waals surface area contributed by atoms with Crippen LogP contribution in [0.25, 0.3) is 11.1 Å². The molecule has 6 nitrogen and oxygen atoms in total. The van der Waals surface area contributed by atoms with Gasteiger partial charge in [-0.25, -0.2) is 14.2 Å². The second-order valence-electron chi connectivity index (χ2n) is 5.67. The van der Waals surface area contributed by atoms with Gasteiger partial charge in [-0.05, 0) is 42.0 Å². The number of carbonyl (C=O) groups is 2. The smallest absolute Gasteiger partial charge is 0.327 e. The Balaban J connectivity index is 1.65. The molecule has 0 saturated heterocycles. The summed E-state index contributed by atoms with van der Waals surface area (Å²) in [5.41, 5.74) is 1.36. The van der Waals surface area contributed by atoms with Gasteiger partial charge in [0.05, 0.1) is 17.7 Å². The van der Waals surface area contributed by atoms with Crippen molar-refractivity contribution in [3.05, 3.63) is 77.2 Å². The van der Waals surface area contributed by atoms with Gasteiger partial charge in [-0.2, -0.15) is 0 Å². The van der Waals surface area contributed by atoms with Crippen molar-refractivity contribution in [1.29, 1.82) is 0 Å². The van der Waals surface area contributed by atoms with E-state index < -0.39 is 23.3 Å². The summed E-state index contributed by atoms with van der Waals surface area (Å²) in [5.74, 6) is -0.802. The first-order valence-corrected chi connectivity index (χ1v) is 8.52. The zero-order valence-corrected chi connectivity index (χ0v) is 15.5. The number of carbonyl (C=O) groups excluding carboxylic acids is 2. The number of imide groups is 1. The molecule has 28 heavy (non-hydrogen) atoms. The number of ether oxygens (including phenoxy) is 1. The summed E-state index contributed by atoms with van der Waals surface area (Å²) >= 11 is 5.81. The number of nitrogens with one attached hydrogen (secondary N) is 2. The van der Waals surface area contributed by atoms with Crippen LogP contribution in [-0.4, -0.2) is 24.0 Å². The van der Waals surface area contributed by atoms with Crippen LogP contribution in [0.5, 0.6) is 5.75 Å². The fourth-order valence-electron chi connectivity index (χ4n) is 2.45. The standard InChI is InChI=1S/C20H15ClFN3O3/c1-28-14-8-5-12(6-9-14)13-7-10-17(23-11-13)24-20(27)25-19(26)18-15(21)3-2-4-16(18)22/h2-11H,1H3,(H2,23,24,25,26,27). The van der Waals surface area contributed by atoms with E-state index in [0.29, 0.717) is 0 Å². The zero-order chi connectivity index (χ0) is 20.1. The Morgan fingerprint density at radius 2 is 1.75 bits per heavy atom. The van der Waals surface area contributed by atoms with Crippen LogP contribution < -0.4 is 15.4 Å². The molecular formula is C20H15ClFN3O3. The normalized spacial score (nSPS) is 10.2. The zero-order valence-electron chi connectivity index (χ0n) is 14.7. The maximum Gasteiger partial charge on any atom is 0.327 e. The van der Waals surface area contributed by atoms with Crippen molar-refractivity contribution in [2.24, 2.45) is 0 Å². The van der Waals surface area contributed by atoms with Crippen LogP contribution in [0.1, 0.15) is 10.4 Å². The van der Waals surface area contributed by atoms with Gasteiger partial charge in [-0.3, -0.25) is 15.4 Å². The first-order valence-electron chi connectivity index (χ1n) is 8.15. The van der Waals surface area contributed by atoms with Gasteiger partial charge in [0.15, 0.2) is 0 Å². The van der Waals surface area contributed by atoms with Crippen LogP contribution >= 0.6 is 11.6 Å². The third kappa shape index (κ3) is 4.44. The van der Waals surface area contributed by atoms with Gasteiger partial charge in [0.1, 0.15) is 17.4 Å². The highest BCUT2D eigenvalue weighted by atomic mass is 35.5. The molecule has 0 atom stereocenters. The number of hydrogen-bond donors (Lipinski definition) is 2. The van der Waals surface area contributed by atoms with Crippen molar-refractivity contribution in [2.45, 2.75) is 0 Å². The topological polar surface area (TPSA) is 80.3 Å².